The minimum absolute atomic E-state index is 0.808. The van der Waals surface area contributed by atoms with Crippen molar-refractivity contribution in [3.05, 3.63) is 30.6 Å². The molecule has 0 spiro atoms. The second kappa shape index (κ2) is 8.20. The van der Waals surface area contributed by atoms with Crippen LogP contribution in [0.2, 0.25) is 0 Å². The van der Waals surface area contributed by atoms with Gasteiger partial charge in [0.2, 0.25) is 10.4 Å². The van der Waals surface area contributed by atoms with E-state index in [1.807, 2.05) is 6.07 Å². The highest BCUT2D eigenvalue weighted by molar-refractivity contribution is 7.80. The maximum atomic E-state index is 9.22. The first-order valence-electron chi connectivity index (χ1n) is 4.95. The van der Waals surface area contributed by atoms with E-state index in [1.54, 1.807) is 0 Å². The molecule has 1 aromatic heterocycles. The maximum absolute atomic E-state index is 9.22. The van der Waals surface area contributed by atoms with E-state index in [2.05, 4.69) is 40.2 Å². The maximum Gasteiger partial charge on any atom is 0.217 e. The van der Waals surface area contributed by atoms with Crippen LogP contribution in [0.1, 0.15) is 19.8 Å². The predicted molar refractivity (Wildman–Crippen MR) is 58.3 cm³/mol. The molecule has 0 aliphatic rings. The first-order chi connectivity index (χ1) is 7.49. The molecule has 1 heterocycles. The molecule has 0 bridgehead atoms. The summed E-state index contributed by atoms with van der Waals surface area (Å²) in [5.74, 6) is 0. The molecule has 0 atom stereocenters. The Morgan fingerprint density at radius 1 is 1.25 bits per heavy atom. The summed E-state index contributed by atoms with van der Waals surface area (Å²) in [6.45, 7) is 3.36. The quantitative estimate of drug-likeness (QED) is 0.449. The van der Waals surface area contributed by atoms with Crippen LogP contribution in [0, 0.1) is 0 Å². The smallest absolute Gasteiger partial charge is 0.217 e. The van der Waals surface area contributed by atoms with Gasteiger partial charge in [0.15, 0.2) is 12.4 Å². The molecule has 0 aliphatic heterocycles. The second-order valence-corrected chi connectivity index (χ2v) is 4.19. The molecule has 0 saturated heterocycles. The van der Waals surface area contributed by atoms with Crippen LogP contribution in [0.5, 0.6) is 0 Å². The number of unbranched alkanes of at least 4 members (excludes halogenated alkanes) is 1. The van der Waals surface area contributed by atoms with Gasteiger partial charge in [-0.15, -0.1) is 0 Å². The molecule has 0 saturated carbocycles. The van der Waals surface area contributed by atoms with Gasteiger partial charge in [-0.05, 0) is 0 Å². The fourth-order valence-corrected chi connectivity index (χ4v) is 0.924. The molecule has 0 radical (unpaired) electrons. The van der Waals surface area contributed by atoms with Crippen LogP contribution >= 0.6 is 0 Å². The van der Waals surface area contributed by atoms with E-state index in [-0.39, 0.29) is 0 Å². The van der Waals surface area contributed by atoms with Gasteiger partial charge in [-0.1, -0.05) is 19.4 Å². The highest BCUT2D eigenvalue weighted by atomic mass is 32.3. The Kier molecular flexibility index (Phi) is 7.70. The minimum atomic E-state index is -4.41. The molecule has 0 aliphatic carbocycles. The van der Waals surface area contributed by atoms with Gasteiger partial charge in [0.1, 0.15) is 6.54 Å². The van der Waals surface area contributed by atoms with Gasteiger partial charge in [0, 0.05) is 18.6 Å². The number of rotatable bonds is 4. The zero-order valence-electron chi connectivity index (χ0n) is 9.50. The molecule has 0 amide bonds. The van der Waals surface area contributed by atoms with E-state index in [0.29, 0.717) is 0 Å². The van der Waals surface area contributed by atoms with Crippen LogP contribution in [-0.4, -0.2) is 20.1 Å². The SMILES string of the molecule is CCCC[n+]1ccccc1.COS(=O)(=O)[O-]. The Morgan fingerprint density at radius 2 is 1.75 bits per heavy atom. The molecule has 5 nitrogen and oxygen atoms in total. The Labute approximate surface area is 96.6 Å². The molecule has 6 heteroatoms. The van der Waals surface area contributed by atoms with E-state index < -0.39 is 10.4 Å². The van der Waals surface area contributed by atoms with Gasteiger partial charge in [-0.25, -0.2) is 13.0 Å². The Hall–Kier alpha value is -0.980. The summed E-state index contributed by atoms with van der Waals surface area (Å²) in [6.07, 6.45) is 6.75. The molecular weight excluding hydrogens is 230 g/mol. The molecule has 0 unspecified atom stereocenters. The lowest BCUT2D eigenvalue weighted by molar-refractivity contribution is -0.697. The van der Waals surface area contributed by atoms with Crippen LogP contribution in [0.4, 0.5) is 0 Å². The van der Waals surface area contributed by atoms with Crippen molar-refractivity contribution in [2.75, 3.05) is 7.11 Å². The van der Waals surface area contributed by atoms with Crippen LogP contribution in [0.15, 0.2) is 30.6 Å². The van der Waals surface area contributed by atoms with Crippen LogP contribution < -0.4 is 4.57 Å². The van der Waals surface area contributed by atoms with Crippen molar-refractivity contribution in [1.29, 1.82) is 0 Å². The van der Waals surface area contributed by atoms with Crippen molar-refractivity contribution in [1.82, 2.24) is 0 Å². The van der Waals surface area contributed by atoms with Crippen LogP contribution in [0.3, 0.4) is 0 Å². The van der Waals surface area contributed by atoms with Gasteiger partial charge >= 0.3 is 0 Å². The normalized spacial score (nSPS) is 10.4. The monoisotopic (exact) mass is 247 g/mol. The van der Waals surface area contributed by atoms with Gasteiger partial charge in [0.05, 0.1) is 7.11 Å². The number of aryl methyl sites for hydroxylation is 1. The molecule has 16 heavy (non-hydrogen) atoms. The fraction of sp³-hybridized carbons (Fsp3) is 0.500. The number of aromatic nitrogens is 1. The Bertz CT molecular complexity index is 364. The van der Waals surface area contributed by atoms with E-state index >= 15 is 0 Å². The van der Waals surface area contributed by atoms with Crippen molar-refractivity contribution in [2.24, 2.45) is 0 Å². The van der Waals surface area contributed by atoms with E-state index in [9.17, 15) is 13.0 Å². The van der Waals surface area contributed by atoms with Gasteiger partial charge in [0.25, 0.3) is 0 Å². The summed E-state index contributed by atoms with van der Waals surface area (Å²) in [7, 11) is -3.60. The standard InChI is InChI=1S/C9H14N.CH4O4S/c1-2-3-7-10-8-5-4-6-9-10;1-5-6(2,3)4/h4-6,8-9H,2-3,7H2,1H3;1H3,(H,2,3,4)/q+1;/p-1. The fourth-order valence-electron chi connectivity index (χ4n) is 0.924. The Morgan fingerprint density at radius 3 is 2.12 bits per heavy atom. The van der Waals surface area contributed by atoms with Crippen molar-refractivity contribution < 1.29 is 21.7 Å². The third-order valence-electron chi connectivity index (χ3n) is 1.75. The predicted octanol–water partition coefficient (Wildman–Crippen LogP) is 0.867. The summed E-state index contributed by atoms with van der Waals surface area (Å²) in [5, 5.41) is 0. The molecule has 0 N–H and O–H groups in total. The van der Waals surface area contributed by atoms with E-state index in [4.69, 9.17) is 0 Å². The van der Waals surface area contributed by atoms with Crippen molar-refractivity contribution in [3.63, 3.8) is 0 Å². The first-order valence-corrected chi connectivity index (χ1v) is 6.28. The highest BCUT2D eigenvalue weighted by Crippen LogP contribution is 1.85. The van der Waals surface area contributed by atoms with Gasteiger partial charge in [-0.3, -0.25) is 4.18 Å². The summed E-state index contributed by atoms with van der Waals surface area (Å²) in [5.41, 5.74) is 0. The van der Waals surface area contributed by atoms with Crippen LogP contribution in [-0.2, 0) is 21.1 Å². The number of pyridine rings is 1. The van der Waals surface area contributed by atoms with E-state index in [1.165, 1.54) is 12.8 Å². The second-order valence-electron chi connectivity index (χ2n) is 3.04. The molecule has 0 aromatic carbocycles. The first kappa shape index (κ1) is 15.0. The summed E-state index contributed by atoms with van der Waals surface area (Å²) >= 11 is 0. The number of hydrogen-bond donors (Lipinski definition) is 0. The largest absolute Gasteiger partial charge is 0.726 e. The lowest BCUT2D eigenvalue weighted by Gasteiger charge is -1.98. The highest BCUT2D eigenvalue weighted by Gasteiger charge is 1.93. The minimum Gasteiger partial charge on any atom is -0.726 e. The van der Waals surface area contributed by atoms with Crippen molar-refractivity contribution in [2.45, 2.75) is 26.3 Å². The van der Waals surface area contributed by atoms with Crippen molar-refractivity contribution >= 4 is 10.4 Å². The molecule has 92 valence electrons. The number of nitrogens with zero attached hydrogens (tertiary/aromatic N) is 1. The number of hydrogen-bond acceptors (Lipinski definition) is 4. The molecule has 1 rings (SSSR count). The zero-order chi connectivity index (χ0) is 12.4. The molecular formula is C10H17NO4S. The third-order valence-corrected chi connectivity index (χ3v) is 2.16. The zero-order valence-corrected chi connectivity index (χ0v) is 10.3. The Balaban J connectivity index is 0.000000325. The van der Waals surface area contributed by atoms with Gasteiger partial charge < -0.3 is 4.55 Å². The summed E-state index contributed by atoms with van der Waals surface area (Å²) in [4.78, 5) is 0. The average Bonchev–Trinajstić information content (AvgIpc) is 2.28. The molecule has 1 aromatic rings. The third kappa shape index (κ3) is 9.57. The summed E-state index contributed by atoms with van der Waals surface area (Å²) in [6, 6.07) is 6.17. The topological polar surface area (TPSA) is 70.3 Å². The lowest BCUT2D eigenvalue weighted by Crippen LogP contribution is -2.31. The van der Waals surface area contributed by atoms with Gasteiger partial charge in [-0.2, -0.15) is 0 Å². The molecule has 0 fully saturated rings. The summed E-state index contributed by atoms with van der Waals surface area (Å²) < 4.78 is 33.2. The van der Waals surface area contributed by atoms with E-state index in [0.717, 1.165) is 13.7 Å². The lowest BCUT2D eigenvalue weighted by atomic mass is 10.3. The van der Waals surface area contributed by atoms with Crippen molar-refractivity contribution in [3.8, 4) is 0 Å². The average molecular weight is 247 g/mol. The van der Waals surface area contributed by atoms with Crippen LogP contribution in [0.25, 0.3) is 0 Å².